The van der Waals surface area contributed by atoms with Crippen LogP contribution in [-0.4, -0.2) is 55.0 Å². The molecule has 24 heavy (non-hydrogen) atoms. The minimum atomic E-state index is -0.436. The number of alkyl carbamates (subject to hydrolysis) is 1. The average molecular weight is 359 g/mol. The molecule has 0 radical (unpaired) electrons. The van der Waals surface area contributed by atoms with Crippen molar-refractivity contribution in [3.05, 3.63) is 0 Å². The second-order valence-electron chi connectivity index (χ2n) is 7.92. The number of hydrogen-bond donors (Lipinski definition) is 2. The minimum absolute atomic E-state index is 0.220. The van der Waals surface area contributed by atoms with Crippen molar-refractivity contribution in [2.75, 3.05) is 31.2 Å². The number of hydrogen-bond acceptors (Lipinski definition) is 5. The number of amides is 1. The molecular formula is C18H34N2O3S. The normalized spacial score (nSPS) is 27.9. The highest BCUT2D eigenvalue weighted by molar-refractivity contribution is 7.99. The summed E-state index contributed by atoms with van der Waals surface area (Å²) in [7, 11) is 0. The zero-order valence-electron chi connectivity index (χ0n) is 15.4. The van der Waals surface area contributed by atoms with E-state index in [1.807, 2.05) is 20.8 Å². The van der Waals surface area contributed by atoms with Gasteiger partial charge in [0.25, 0.3) is 0 Å². The summed E-state index contributed by atoms with van der Waals surface area (Å²) in [5, 5.41) is 6.48. The molecule has 140 valence electrons. The zero-order valence-corrected chi connectivity index (χ0v) is 16.3. The summed E-state index contributed by atoms with van der Waals surface area (Å²) in [6, 6.07) is 0.220. The monoisotopic (exact) mass is 358 g/mol. The quantitative estimate of drug-likeness (QED) is 0.685. The van der Waals surface area contributed by atoms with Crippen LogP contribution in [0.15, 0.2) is 0 Å². The summed E-state index contributed by atoms with van der Waals surface area (Å²) < 4.78 is 11.3. The summed E-state index contributed by atoms with van der Waals surface area (Å²) in [6.07, 6.45) is 5.35. The molecule has 5 nitrogen and oxygen atoms in total. The Kier molecular flexibility index (Phi) is 8.17. The third kappa shape index (κ3) is 8.08. The summed E-state index contributed by atoms with van der Waals surface area (Å²) in [6.45, 7) is 8.51. The van der Waals surface area contributed by atoms with E-state index in [0.717, 1.165) is 51.3 Å². The molecule has 1 amide bonds. The van der Waals surface area contributed by atoms with Crippen molar-refractivity contribution in [1.29, 1.82) is 0 Å². The predicted octanol–water partition coefficient (Wildman–Crippen LogP) is 3.18. The molecule has 2 rings (SSSR count). The number of carbonyl (C=O) groups is 1. The second-order valence-corrected chi connectivity index (χ2v) is 9.07. The molecule has 2 fully saturated rings. The van der Waals surface area contributed by atoms with Crippen LogP contribution >= 0.6 is 11.8 Å². The van der Waals surface area contributed by atoms with Crippen LogP contribution in [0.1, 0.15) is 52.9 Å². The predicted molar refractivity (Wildman–Crippen MR) is 99.7 cm³/mol. The van der Waals surface area contributed by atoms with Gasteiger partial charge >= 0.3 is 6.09 Å². The highest BCUT2D eigenvalue weighted by Gasteiger charge is 2.25. The summed E-state index contributed by atoms with van der Waals surface area (Å²) in [5.74, 6) is 3.48. The lowest BCUT2D eigenvalue weighted by Crippen LogP contribution is -2.42. The van der Waals surface area contributed by atoms with Gasteiger partial charge in [0.1, 0.15) is 5.60 Å². The fraction of sp³-hybridized carbons (Fsp3) is 0.944. The molecule has 2 N–H and O–H groups in total. The molecule has 1 atom stereocenters. The van der Waals surface area contributed by atoms with Crippen molar-refractivity contribution in [3.63, 3.8) is 0 Å². The summed E-state index contributed by atoms with van der Waals surface area (Å²) in [5.41, 5.74) is -0.436. The van der Waals surface area contributed by atoms with Gasteiger partial charge in [0, 0.05) is 12.6 Å². The molecule has 1 aliphatic heterocycles. The third-order valence-corrected chi connectivity index (χ3v) is 5.72. The highest BCUT2D eigenvalue weighted by atomic mass is 32.2. The largest absolute Gasteiger partial charge is 0.444 e. The first-order chi connectivity index (χ1) is 11.4. The van der Waals surface area contributed by atoms with Crippen LogP contribution < -0.4 is 10.6 Å². The smallest absolute Gasteiger partial charge is 0.407 e. The molecule has 6 heteroatoms. The van der Waals surface area contributed by atoms with Gasteiger partial charge in [-0.3, -0.25) is 0 Å². The second kappa shape index (κ2) is 9.88. The Morgan fingerprint density at radius 2 is 1.92 bits per heavy atom. The Bertz CT molecular complexity index is 373. The lowest BCUT2D eigenvalue weighted by molar-refractivity contribution is 0.0193. The number of thioether (sulfide) groups is 1. The number of ether oxygens (including phenoxy) is 2. The van der Waals surface area contributed by atoms with E-state index >= 15 is 0 Å². The van der Waals surface area contributed by atoms with Crippen molar-refractivity contribution in [1.82, 2.24) is 10.6 Å². The van der Waals surface area contributed by atoms with Gasteiger partial charge in [0.15, 0.2) is 0 Å². The van der Waals surface area contributed by atoms with Gasteiger partial charge in [-0.25, -0.2) is 4.79 Å². The Morgan fingerprint density at radius 3 is 2.54 bits per heavy atom. The maximum atomic E-state index is 11.8. The van der Waals surface area contributed by atoms with Crippen LogP contribution in [0.4, 0.5) is 4.79 Å². The first-order valence-corrected chi connectivity index (χ1v) is 10.5. The maximum Gasteiger partial charge on any atom is 0.407 e. The first-order valence-electron chi connectivity index (χ1n) is 9.32. The number of carbonyl (C=O) groups excluding carboxylic acids is 1. The zero-order chi connectivity index (χ0) is 17.4. The maximum absolute atomic E-state index is 11.8. The van der Waals surface area contributed by atoms with Gasteiger partial charge in [-0.15, -0.1) is 0 Å². The average Bonchev–Trinajstić information content (AvgIpc) is 3.00. The molecule has 2 aliphatic rings. The van der Waals surface area contributed by atoms with Crippen LogP contribution in [0.25, 0.3) is 0 Å². The van der Waals surface area contributed by atoms with Crippen LogP contribution in [-0.2, 0) is 9.47 Å². The van der Waals surface area contributed by atoms with E-state index in [-0.39, 0.29) is 12.1 Å². The van der Waals surface area contributed by atoms with Crippen LogP contribution in [0.2, 0.25) is 0 Å². The van der Waals surface area contributed by atoms with Gasteiger partial charge in [0.05, 0.1) is 12.7 Å². The SMILES string of the molecule is CC(C)(C)OC(=O)NC1CCC(OCCNCC2CCSC2)CC1. The van der Waals surface area contributed by atoms with E-state index in [0.29, 0.717) is 6.10 Å². The molecule has 1 heterocycles. The summed E-state index contributed by atoms with van der Waals surface area (Å²) in [4.78, 5) is 11.8. The number of nitrogens with one attached hydrogen (secondary N) is 2. The topological polar surface area (TPSA) is 59.6 Å². The van der Waals surface area contributed by atoms with Gasteiger partial charge < -0.3 is 20.1 Å². The van der Waals surface area contributed by atoms with E-state index in [9.17, 15) is 4.79 Å². The number of rotatable bonds is 7. The third-order valence-electron chi connectivity index (χ3n) is 4.48. The molecule has 0 bridgehead atoms. The lowest BCUT2D eigenvalue weighted by atomic mass is 9.93. The Hall–Kier alpha value is -0.460. The minimum Gasteiger partial charge on any atom is -0.444 e. The van der Waals surface area contributed by atoms with Crippen molar-refractivity contribution >= 4 is 17.9 Å². The van der Waals surface area contributed by atoms with Gasteiger partial charge in [-0.05, 0) is 76.8 Å². The van der Waals surface area contributed by atoms with E-state index in [4.69, 9.17) is 9.47 Å². The molecule has 0 aromatic heterocycles. The standard InChI is InChI=1S/C18H34N2O3S/c1-18(2,3)23-17(21)20-15-4-6-16(7-5-15)22-10-9-19-12-14-8-11-24-13-14/h14-16,19H,4-13H2,1-3H3,(H,20,21). The fourth-order valence-electron chi connectivity index (χ4n) is 3.20. The summed E-state index contributed by atoms with van der Waals surface area (Å²) >= 11 is 2.07. The van der Waals surface area contributed by atoms with Crippen molar-refractivity contribution in [2.24, 2.45) is 5.92 Å². The lowest BCUT2D eigenvalue weighted by Gasteiger charge is -2.30. The molecule has 1 aliphatic carbocycles. The first kappa shape index (κ1) is 19.9. The van der Waals surface area contributed by atoms with E-state index < -0.39 is 5.60 Å². The van der Waals surface area contributed by atoms with Crippen molar-refractivity contribution < 1.29 is 14.3 Å². The Morgan fingerprint density at radius 1 is 1.17 bits per heavy atom. The molecule has 0 aromatic carbocycles. The Balaban J connectivity index is 1.49. The van der Waals surface area contributed by atoms with E-state index in [2.05, 4.69) is 22.4 Å². The molecule has 0 aromatic rings. The van der Waals surface area contributed by atoms with Crippen molar-refractivity contribution in [2.45, 2.75) is 70.6 Å². The highest BCUT2D eigenvalue weighted by Crippen LogP contribution is 2.23. The van der Waals surface area contributed by atoms with Crippen LogP contribution in [0.3, 0.4) is 0 Å². The van der Waals surface area contributed by atoms with Crippen LogP contribution in [0.5, 0.6) is 0 Å². The fourth-order valence-corrected chi connectivity index (χ4v) is 4.48. The van der Waals surface area contributed by atoms with Gasteiger partial charge in [-0.2, -0.15) is 11.8 Å². The van der Waals surface area contributed by atoms with Gasteiger partial charge in [-0.1, -0.05) is 0 Å². The van der Waals surface area contributed by atoms with E-state index in [1.165, 1.54) is 17.9 Å². The molecule has 1 saturated heterocycles. The Labute approximate surface area is 151 Å². The molecule has 1 saturated carbocycles. The van der Waals surface area contributed by atoms with E-state index in [1.54, 1.807) is 0 Å². The van der Waals surface area contributed by atoms with Crippen LogP contribution in [0, 0.1) is 5.92 Å². The molecular weight excluding hydrogens is 324 g/mol. The molecule has 0 spiro atoms. The van der Waals surface area contributed by atoms with Crippen molar-refractivity contribution in [3.8, 4) is 0 Å². The molecule has 1 unspecified atom stereocenters. The van der Waals surface area contributed by atoms with Gasteiger partial charge in [0.2, 0.25) is 0 Å².